The first kappa shape index (κ1) is 22.0. The maximum absolute atomic E-state index is 12.1. The molecule has 1 unspecified atom stereocenters. The van der Waals surface area contributed by atoms with Crippen molar-refractivity contribution in [2.75, 3.05) is 31.1 Å². The molecule has 1 fully saturated rings. The molecular formula is C23H30ClN5O. The molecule has 1 aliphatic heterocycles. The third-order valence-corrected chi connectivity index (χ3v) is 5.23. The first-order valence-corrected chi connectivity index (χ1v) is 10.9. The average Bonchev–Trinajstić information content (AvgIpc) is 3.21. The van der Waals surface area contributed by atoms with Gasteiger partial charge in [-0.2, -0.15) is 0 Å². The van der Waals surface area contributed by atoms with Crippen molar-refractivity contribution in [1.29, 1.82) is 0 Å². The molecule has 0 aromatic heterocycles. The number of rotatable bonds is 7. The summed E-state index contributed by atoms with van der Waals surface area (Å²) in [5.41, 5.74) is 2.81. The molecule has 0 radical (unpaired) electrons. The number of hydrogen-bond donors (Lipinski definition) is 3. The van der Waals surface area contributed by atoms with Gasteiger partial charge in [0.25, 0.3) is 5.91 Å². The number of carbonyl (C=O) groups is 1. The average molecular weight is 428 g/mol. The van der Waals surface area contributed by atoms with E-state index in [9.17, 15) is 4.79 Å². The summed E-state index contributed by atoms with van der Waals surface area (Å²) in [7, 11) is 0. The molecule has 6 nitrogen and oxygen atoms in total. The summed E-state index contributed by atoms with van der Waals surface area (Å²) in [5, 5.41) is 10.5. The molecule has 1 aliphatic rings. The molecule has 160 valence electrons. The fourth-order valence-electron chi connectivity index (χ4n) is 3.54. The predicted octanol–water partition coefficient (Wildman–Crippen LogP) is 3.42. The van der Waals surface area contributed by atoms with Crippen molar-refractivity contribution in [3.8, 4) is 0 Å². The summed E-state index contributed by atoms with van der Waals surface area (Å²) in [4.78, 5) is 19.1. The molecule has 1 saturated heterocycles. The van der Waals surface area contributed by atoms with Crippen molar-refractivity contribution >= 4 is 29.2 Å². The Kier molecular flexibility index (Phi) is 7.97. The number of hydrogen-bond acceptors (Lipinski definition) is 3. The molecule has 1 amide bonds. The van der Waals surface area contributed by atoms with E-state index in [0.717, 1.165) is 48.3 Å². The summed E-state index contributed by atoms with van der Waals surface area (Å²) in [6, 6.07) is 15.9. The Morgan fingerprint density at radius 2 is 1.93 bits per heavy atom. The van der Waals surface area contributed by atoms with E-state index >= 15 is 0 Å². The van der Waals surface area contributed by atoms with Crippen molar-refractivity contribution in [2.45, 2.75) is 32.9 Å². The van der Waals surface area contributed by atoms with Crippen molar-refractivity contribution < 1.29 is 4.79 Å². The third-order valence-electron chi connectivity index (χ3n) is 4.99. The largest absolute Gasteiger partial charge is 0.369 e. The fourth-order valence-corrected chi connectivity index (χ4v) is 3.73. The lowest BCUT2D eigenvalue weighted by Crippen LogP contribution is -2.44. The molecule has 1 atom stereocenters. The highest BCUT2D eigenvalue weighted by atomic mass is 35.5. The van der Waals surface area contributed by atoms with Gasteiger partial charge in [-0.05, 0) is 56.2 Å². The van der Waals surface area contributed by atoms with Crippen LogP contribution in [0.3, 0.4) is 0 Å². The predicted molar refractivity (Wildman–Crippen MR) is 124 cm³/mol. The number of nitrogens with one attached hydrogen (secondary N) is 3. The summed E-state index contributed by atoms with van der Waals surface area (Å²) < 4.78 is 0. The lowest BCUT2D eigenvalue weighted by molar-refractivity contribution is 0.0955. The zero-order chi connectivity index (χ0) is 21.3. The summed E-state index contributed by atoms with van der Waals surface area (Å²) in [5.74, 6) is 0.735. The zero-order valence-electron chi connectivity index (χ0n) is 17.6. The number of halogens is 1. The number of nitrogens with zero attached hydrogens (tertiary/aromatic N) is 2. The minimum Gasteiger partial charge on any atom is -0.369 e. The highest BCUT2D eigenvalue weighted by Gasteiger charge is 2.23. The quantitative estimate of drug-likeness (QED) is 0.467. The van der Waals surface area contributed by atoms with Gasteiger partial charge in [0.15, 0.2) is 5.96 Å². The van der Waals surface area contributed by atoms with Crippen LogP contribution in [0.15, 0.2) is 53.5 Å². The second-order valence-electron chi connectivity index (χ2n) is 7.31. The first-order chi connectivity index (χ1) is 14.6. The molecule has 0 aliphatic carbocycles. The van der Waals surface area contributed by atoms with Crippen LogP contribution in [0, 0.1) is 0 Å². The van der Waals surface area contributed by atoms with Gasteiger partial charge in [-0.1, -0.05) is 29.8 Å². The van der Waals surface area contributed by atoms with E-state index in [4.69, 9.17) is 16.6 Å². The van der Waals surface area contributed by atoms with Crippen molar-refractivity contribution in [3.63, 3.8) is 0 Å². The molecule has 7 heteroatoms. The van der Waals surface area contributed by atoms with Crippen LogP contribution in [0.25, 0.3) is 0 Å². The highest BCUT2D eigenvalue weighted by Crippen LogP contribution is 2.23. The summed E-state index contributed by atoms with van der Waals surface area (Å²) in [6.45, 7) is 7.76. The molecule has 1 heterocycles. The van der Waals surface area contributed by atoms with Gasteiger partial charge < -0.3 is 20.9 Å². The monoisotopic (exact) mass is 427 g/mol. The minimum absolute atomic E-state index is 0.0552. The van der Waals surface area contributed by atoms with Crippen molar-refractivity contribution in [1.82, 2.24) is 16.0 Å². The smallest absolute Gasteiger partial charge is 0.251 e. The second-order valence-corrected chi connectivity index (χ2v) is 7.75. The lowest BCUT2D eigenvalue weighted by Gasteiger charge is -2.20. The van der Waals surface area contributed by atoms with Crippen LogP contribution >= 0.6 is 11.6 Å². The standard InChI is InChI=1S/C23H30ClN5O/c1-3-25-22(30)18-8-5-7-17(13-18)15-27-23(26-4-2)28-20-11-12-29(16-20)21-10-6-9-19(24)14-21/h5-10,13-14,20H,3-4,11-12,15-16H2,1-2H3,(H,25,30)(H2,26,27,28). The molecule has 2 aromatic rings. The van der Waals surface area contributed by atoms with E-state index in [1.807, 2.05) is 49.4 Å². The number of carbonyl (C=O) groups excluding carboxylic acids is 1. The normalized spacial score (nSPS) is 16.4. The Bertz CT molecular complexity index is 885. The SMILES string of the molecule is CCNC(=O)c1cccc(CN=C(NCC)NC2CCN(c3cccc(Cl)c3)C2)c1. The fraction of sp³-hybridized carbons (Fsp3) is 0.391. The minimum atomic E-state index is -0.0552. The number of benzene rings is 2. The molecule has 3 rings (SSSR count). The molecule has 0 bridgehead atoms. The van der Waals surface area contributed by atoms with Gasteiger partial charge >= 0.3 is 0 Å². The Morgan fingerprint density at radius 3 is 2.70 bits per heavy atom. The topological polar surface area (TPSA) is 68.8 Å². The van der Waals surface area contributed by atoms with Crippen molar-refractivity contribution in [3.05, 3.63) is 64.7 Å². The Balaban J connectivity index is 1.61. The van der Waals surface area contributed by atoms with Gasteiger partial charge in [-0.25, -0.2) is 4.99 Å². The van der Waals surface area contributed by atoms with Crippen LogP contribution in [0.2, 0.25) is 5.02 Å². The van der Waals surface area contributed by atoms with E-state index in [2.05, 4.69) is 33.8 Å². The van der Waals surface area contributed by atoms with Gasteiger partial charge in [0, 0.05) is 48.5 Å². The van der Waals surface area contributed by atoms with E-state index in [-0.39, 0.29) is 5.91 Å². The number of aliphatic imine (C=N–C) groups is 1. The van der Waals surface area contributed by atoms with E-state index in [1.54, 1.807) is 0 Å². The number of guanidine groups is 1. The van der Waals surface area contributed by atoms with Crippen LogP contribution in [0.4, 0.5) is 5.69 Å². The Labute approximate surface area is 183 Å². The van der Waals surface area contributed by atoms with Crippen LogP contribution in [-0.4, -0.2) is 44.1 Å². The second kappa shape index (κ2) is 10.9. The molecule has 3 N–H and O–H groups in total. The van der Waals surface area contributed by atoms with E-state index in [1.165, 1.54) is 0 Å². The van der Waals surface area contributed by atoms with Gasteiger partial charge in [-0.3, -0.25) is 4.79 Å². The number of amides is 1. The zero-order valence-corrected chi connectivity index (χ0v) is 18.4. The molecule has 2 aromatic carbocycles. The Morgan fingerprint density at radius 1 is 1.13 bits per heavy atom. The molecule has 0 saturated carbocycles. The molecule has 0 spiro atoms. The van der Waals surface area contributed by atoms with Gasteiger partial charge in [0.1, 0.15) is 0 Å². The van der Waals surface area contributed by atoms with Crippen LogP contribution in [-0.2, 0) is 6.54 Å². The molecular weight excluding hydrogens is 398 g/mol. The highest BCUT2D eigenvalue weighted by molar-refractivity contribution is 6.30. The Hall–Kier alpha value is -2.73. The van der Waals surface area contributed by atoms with Crippen LogP contribution in [0.5, 0.6) is 0 Å². The third kappa shape index (κ3) is 6.13. The first-order valence-electron chi connectivity index (χ1n) is 10.5. The van der Waals surface area contributed by atoms with Crippen LogP contribution in [0.1, 0.15) is 36.2 Å². The van der Waals surface area contributed by atoms with E-state index in [0.29, 0.717) is 24.7 Å². The van der Waals surface area contributed by atoms with Gasteiger partial charge in [0.2, 0.25) is 0 Å². The van der Waals surface area contributed by atoms with Crippen molar-refractivity contribution in [2.24, 2.45) is 4.99 Å². The number of anilines is 1. The van der Waals surface area contributed by atoms with Gasteiger partial charge in [-0.15, -0.1) is 0 Å². The summed E-state index contributed by atoms with van der Waals surface area (Å²) in [6.07, 6.45) is 1.03. The van der Waals surface area contributed by atoms with Gasteiger partial charge in [0.05, 0.1) is 6.54 Å². The van der Waals surface area contributed by atoms with E-state index < -0.39 is 0 Å². The van der Waals surface area contributed by atoms with Crippen LogP contribution < -0.4 is 20.9 Å². The lowest BCUT2D eigenvalue weighted by atomic mass is 10.1. The maximum Gasteiger partial charge on any atom is 0.251 e. The summed E-state index contributed by atoms with van der Waals surface area (Å²) >= 11 is 6.14. The molecule has 30 heavy (non-hydrogen) atoms. The maximum atomic E-state index is 12.1.